The fraction of sp³-hybridized carbons (Fsp3) is 0.500. The zero-order valence-electron chi connectivity index (χ0n) is 12.3. The topological polar surface area (TPSA) is 75.6 Å². The van der Waals surface area contributed by atoms with Gasteiger partial charge in [-0.15, -0.1) is 0 Å². The minimum Gasteiger partial charge on any atom is -0.484 e. The summed E-state index contributed by atoms with van der Waals surface area (Å²) >= 11 is 0. The van der Waals surface area contributed by atoms with E-state index in [9.17, 15) is 19.1 Å². The predicted octanol–water partition coefficient (Wildman–Crippen LogP) is 2.36. The fourth-order valence-electron chi connectivity index (χ4n) is 2.69. The number of amides is 1. The molecule has 0 aliphatic heterocycles. The Balaban J connectivity index is 1.81. The summed E-state index contributed by atoms with van der Waals surface area (Å²) in [6.45, 7) is -0.102. The van der Waals surface area contributed by atoms with Gasteiger partial charge in [0.25, 0.3) is 5.91 Å². The molecule has 2 N–H and O–H groups in total. The molecule has 1 aromatic rings. The van der Waals surface area contributed by atoms with Crippen molar-refractivity contribution in [2.45, 2.75) is 32.1 Å². The second-order valence-electron chi connectivity index (χ2n) is 5.67. The molecule has 22 heavy (non-hydrogen) atoms. The number of hydrogen-bond donors (Lipinski definition) is 2. The molecule has 120 valence electrons. The monoisotopic (exact) mass is 309 g/mol. The molecule has 1 fully saturated rings. The van der Waals surface area contributed by atoms with Gasteiger partial charge < -0.3 is 15.2 Å². The zero-order valence-corrected chi connectivity index (χ0v) is 12.3. The lowest BCUT2D eigenvalue weighted by Crippen LogP contribution is -2.45. The average Bonchev–Trinajstić information content (AvgIpc) is 2.53. The molecular formula is C16H20FNO4. The maximum absolute atomic E-state index is 12.7. The predicted molar refractivity (Wildman–Crippen MR) is 78.1 cm³/mol. The van der Waals surface area contributed by atoms with Crippen LogP contribution in [0.15, 0.2) is 24.3 Å². The van der Waals surface area contributed by atoms with E-state index in [0.717, 1.165) is 19.3 Å². The van der Waals surface area contributed by atoms with E-state index in [4.69, 9.17) is 4.74 Å². The number of carboxylic acids is 1. The van der Waals surface area contributed by atoms with Crippen LogP contribution in [0.5, 0.6) is 5.75 Å². The molecule has 0 saturated heterocycles. The van der Waals surface area contributed by atoms with E-state index < -0.39 is 11.4 Å². The number of ether oxygens (including phenoxy) is 1. The molecule has 6 heteroatoms. The van der Waals surface area contributed by atoms with Crippen LogP contribution in [-0.4, -0.2) is 30.1 Å². The smallest absolute Gasteiger partial charge is 0.311 e. The van der Waals surface area contributed by atoms with Gasteiger partial charge in [0.2, 0.25) is 0 Å². The maximum atomic E-state index is 12.7. The second-order valence-corrected chi connectivity index (χ2v) is 5.67. The van der Waals surface area contributed by atoms with Gasteiger partial charge in [-0.3, -0.25) is 9.59 Å². The van der Waals surface area contributed by atoms with Crippen LogP contribution < -0.4 is 10.1 Å². The van der Waals surface area contributed by atoms with Crippen LogP contribution >= 0.6 is 0 Å². The lowest BCUT2D eigenvalue weighted by molar-refractivity contribution is -0.151. The highest BCUT2D eigenvalue weighted by atomic mass is 19.1. The number of halogens is 1. The first-order valence-corrected chi connectivity index (χ1v) is 7.40. The third kappa shape index (κ3) is 4.19. The highest BCUT2D eigenvalue weighted by Crippen LogP contribution is 2.35. The Kier molecular flexibility index (Phi) is 5.35. The van der Waals surface area contributed by atoms with Crippen LogP contribution in [0.25, 0.3) is 0 Å². The number of carbonyl (C=O) groups excluding carboxylic acids is 1. The van der Waals surface area contributed by atoms with Crippen molar-refractivity contribution in [1.29, 1.82) is 0 Å². The summed E-state index contributed by atoms with van der Waals surface area (Å²) < 4.78 is 18.0. The molecule has 1 aliphatic carbocycles. The number of carbonyl (C=O) groups is 2. The van der Waals surface area contributed by atoms with Gasteiger partial charge in [0.05, 0.1) is 5.41 Å². The standard InChI is InChI=1S/C16H20FNO4/c17-12-4-6-13(7-5-12)22-10-14(19)18-11-16(15(20)21)8-2-1-3-9-16/h4-7H,1-3,8-11H2,(H,18,19)(H,20,21). The molecule has 0 spiro atoms. The number of nitrogens with one attached hydrogen (secondary N) is 1. The summed E-state index contributed by atoms with van der Waals surface area (Å²) in [6, 6.07) is 5.36. The SMILES string of the molecule is O=C(COc1ccc(F)cc1)NCC1(C(=O)O)CCCCC1. The van der Waals surface area contributed by atoms with E-state index in [0.29, 0.717) is 18.6 Å². The molecule has 1 amide bonds. The van der Waals surface area contributed by atoms with Gasteiger partial charge in [-0.2, -0.15) is 0 Å². The Bertz CT molecular complexity index is 523. The Morgan fingerprint density at radius 3 is 2.41 bits per heavy atom. The number of hydrogen-bond acceptors (Lipinski definition) is 3. The van der Waals surface area contributed by atoms with Gasteiger partial charge in [0.15, 0.2) is 6.61 Å². The van der Waals surface area contributed by atoms with Crippen molar-refractivity contribution in [2.24, 2.45) is 5.41 Å². The van der Waals surface area contributed by atoms with Crippen LogP contribution in [-0.2, 0) is 9.59 Å². The number of rotatable bonds is 6. The molecule has 1 aromatic carbocycles. The van der Waals surface area contributed by atoms with Crippen molar-refractivity contribution >= 4 is 11.9 Å². The lowest BCUT2D eigenvalue weighted by Gasteiger charge is -2.33. The molecule has 1 aliphatic rings. The van der Waals surface area contributed by atoms with E-state index >= 15 is 0 Å². The molecule has 1 saturated carbocycles. The van der Waals surface area contributed by atoms with Gasteiger partial charge in [-0.25, -0.2) is 4.39 Å². The van der Waals surface area contributed by atoms with Gasteiger partial charge >= 0.3 is 5.97 Å². The Morgan fingerprint density at radius 1 is 1.18 bits per heavy atom. The van der Waals surface area contributed by atoms with Crippen molar-refractivity contribution in [3.63, 3.8) is 0 Å². The van der Waals surface area contributed by atoms with Crippen LogP contribution in [0.2, 0.25) is 0 Å². The normalized spacial score (nSPS) is 16.8. The minimum absolute atomic E-state index is 0.119. The summed E-state index contributed by atoms with van der Waals surface area (Å²) in [5.74, 6) is -1.22. The highest BCUT2D eigenvalue weighted by molar-refractivity contribution is 5.80. The molecule has 0 atom stereocenters. The quantitative estimate of drug-likeness (QED) is 0.846. The van der Waals surface area contributed by atoms with Gasteiger partial charge in [-0.1, -0.05) is 19.3 Å². The van der Waals surface area contributed by atoms with E-state index in [-0.39, 0.29) is 24.9 Å². The van der Waals surface area contributed by atoms with E-state index in [2.05, 4.69) is 5.32 Å². The molecule has 0 heterocycles. The Morgan fingerprint density at radius 2 is 1.82 bits per heavy atom. The van der Waals surface area contributed by atoms with Crippen LogP contribution in [0, 0.1) is 11.2 Å². The maximum Gasteiger partial charge on any atom is 0.311 e. The van der Waals surface area contributed by atoms with Crippen molar-refractivity contribution in [3.8, 4) is 5.75 Å². The molecule has 2 rings (SSSR count). The van der Waals surface area contributed by atoms with Crippen molar-refractivity contribution in [2.75, 3.05) is 13.2 Å². The summed E-state index contributed by atoms with van der Waals surface area (Å²) in [5.41, 5.74) is -0.857. The molecule has 0 aromatic heterocycles. The first-order chi connectivity index (χ1) is 10.5. The fourth-order valence-corrected chi connectivity index (χ4v) is 2.69. The van der Waals surface area contributed by atoms with Crippen LogP contribution in [0.1, 0.15) is 32.1 Å². The van der Waals surface area contributed by atoms with Crippen LogP contribution in [0.3, 0.4) is 0 Å². The van der Waals surface area contributed by atoms with Crippen molar-refractivity contribution in [1.82, 2.24) is 5.32 Å². The third-order valence-electron chi connectivity index (χ3n) is 4.07. The average molecular weight is 309 g/mol. The Hall–Kier alpha value is -2.11. The van der Waals surface area contributed by atoms with E-state index in [1.54, 1.807) is 0 Å². The third-order valence-corrected chi connectivity index (χ3v) is 4.07. The summed E-state index contributed by atoms with van der Waals surface area (Å²) in [5, 5.41) is 12.1. The molecule has 0 bridgehead atoms. The summed E-state index contributed by atoms with van der Waals surface area (Å²) in [6.07, 6.45) is 3.95. The van der Waals surface area contributed by atoms with E-state index in [1.807, 2.05) is 0 Å². The van der Waals surface area contributed by atoms with Crippen molar-refractivity contribution < 1.29 is 23.8 Å². The van der Waals surface area contributed by atoms with E-state index in [1.165, 1.54) is 24.3 Å². The second kappa shape index (κ2) is 7.24. The summed E-state index contributed by atoms with van der Waals surface area (Å²) in [4.78, 5) is 23.3. The largest absolute Gasteiger partial charge is 0.484 e. The number of aliphatic carboxylic acids is 1. The Labute approximate surface area is 128 Å². The molecule has 5 nitrogen and oxygen atoms in total. The molecule has 0 unspecified atom stereocenters. The first kappa shape index (κ1) is 16.3. The van der Waals surface area contributed by atoms with Crippen LogP contribution in [0.4, 0.5) is 4.39 Å². The minimum atomic E-state index is -0.857. The van der Waals surface area contributed by atoms with Crippen molar-refractivity contribution in [3.05, 3.63) is 30.1 Å². The summed E-state index contributed by atoms with van der Waals surface area (Å²) in [7, 11) is 0. The first-order valence-electron chi connectivity index (χ1n) is 7.40. The number of benzene rings is 1. The van der Waals surface area contributed by atoms with Gasteiger partial charge in [-0.05, 0) is 37.1 Å². The highest BCUT2D eigenvalue weighted by Gasteiger charge is 2.39. The zero-order chi connectivity index (χ0) is 16.0. The molecular weight excluding hydrogens is 289 g/mol. The number of carboxylic acid groups (broad SMARTS) is 1. The molecule has 0 radical (unpaired) electrons. The lowest BCUT2D eigenvalue weighted by atomic mass is 9.74. The van der Waals surface area contributed by atoms with Gasteiger partial charge in [0.1, 0.15) is 11.6 Å². The van der Waals surface area contributed by atoms with Gasteiger partial charge in [0, 0.05) is 6.54 Å².